The maximum Gasteiger partial charge on any atom is 0.0597 e. The number of nitrogens with one attached hydrogen (secondary N) is 1. The molecule has 0 amide bonds. The van der Waals surface area contributed by atoms with Crippen LogP contribution in [0.25, 0.3) is 0 Å². The Morgan fingerprint density at radius 1 is 1.40 bits per heavy atom. The second kappa shape index (κ2) is 5.28. The van der Waals surface area contributed by atoms with E-state index in [1.165, 1.54) is 38.8 Å². The molecule has 1 saturated carbocycles. The van der Waals surface area contributed by atoms with Crippen molar-refractivity contribution in [3.8, 4) is 0 Å². The van der Waals surface area contributed by atoms with Crippen LogP contribution in [-0.2, 0) is 0 Å². The molecule has 0 aromatic heterocycles. The molecule has 0 aromatic carbocycles. The largest absolute Gasteiger partial charge is 0.395 e. The van der Waals surface area contributed by atoms with Crippen molar-refractivity contribution >= 4 is 0 Å². The van der Waals surface area contributed by atoms with Crippen LogP contribution in [0.5, 0.6) is 0 Å². The highest BCUT2D eigenvalue weighted by molar-refractivity contribution is 4.87. The number of nitrogens with zero attached hydrogens (tertiary/aromatic N) is 1. The molecule has 0 spiro atoms. The third-order valence-corrected chi connectivity index (χ3v) is 3.70. The summed E-state index contributed by atoms with van der Waals surface area (Å²) in [6.45, 7) is 6.05. The number of aliphatic hydroxyl groups excluding tert-OH is 1. The van der Waals surface area contributed by atoms with Crippen molar-refractivity contribution in [3.63, 3.8) is 0 Å². The van der Waals surface area contributed by atoms with Crippen molar-refractivity contribution in [3.05, 3.63) is 0 Å². The minimum atomic E-state index is 0.282. The zero-order valence-corrected chi connectivity index (χ0v) is 9.78. The van der Waals surface area contributed by atoms with Gasteiger partial charge in [0, 0.05) is 25.2 Å². The van der Waals surface area contributed by atoms with Gasteiger partial charge in [0.1, 0.15) is 0 Å². The van der Waals surface area contributed by atoms with E-state index < -0.39 is 0 Å². The molecule has 2 unspecified atom stereocenters. The van der Waals surface area contributed by atoms with Crippen molar-refractivity contribution in [1.82, 2.24) is 10.2 Å². The molecule has 88 valence electrons. The van der Waals surface area contributed by atoms with E-state index in [2.05, 4.69) is 17.1 Å². The summed E-state index contributed by atoms with van der Waals surface area (Å²) >= 11 is 0. The zero-order valence-electron chi connectivity index (χ0n) is 9.78. The van der Waals surface area contributed by atoms with Crippen molar-refractivity contribution in [2.24, 2.45) is 5.92 Å². The van der Waals surface area contributed by atoms with Gasteiger partial charge in [-0.2, -0.15) is 0 Å². The fourth-order valence-corrected chi connectivity index (χ4v) is 2.47. The molecule has 3 heteroatoms. The van der Waals surface area contributed by atoms with Crippen LogP contribution in [0.1, 0.15) is 32.6 Å². The van der Waals surface area contributed by atoms with E-state index in [4.69, 9.17) is 0 Å². The summed E-state index contributed by atoms with van der Waals surface area (Å²) in [5.41, 5.74) is 0. The summed E-state index contributed by atoms with van der Waals surface area (Å²) in [6.07, 6.45) is 5.25. The molecule has 0 bridgehead atoms. The van der Waals surface area contributed by atoms with Gasteiger partial charge in [-0.1, -0.05) is 13.3 Å². The van der Waals surface area contributed by atoms with E-state index in [1.807, 2.05) is 0 Å². The molecule has 2 aliphatic rings. The van der Waals surface area contributed by atoms with E-state index in [1.54, 1.807) is 0 Å². The maximum absolute atomic E-state index is 9.30. The molecule has 3 nitrogen and oxygen atoms in total. The van der Waals surface area contributed by atoms with Gasteiger partial charge in [-0.15, -0.1) is 0 Å². The molecule has 0 radical (unpaired) electrons. The van der Waals surface area contributed by atoms with Gasteiger partial charge < -0.3 is 15.3 Å². The number of rotatable bonds is 6. The van der Waals surface area contributed by atoms with Gasteiger partial charge in [0.15, 0.2) is 0 Å². The Bertz CT molecular complexity index is 194. The highest BCUT2D eigenvalue weighted by atomic mass is 16.3. The van der Waals surface area contributed by atoms with E-state index >= 15 is 0 Å². The number of hydrogen-bond donors (Lipinski definition) is 2. The maximum atomic E-state index is 9.30. The molecule has 1 aliphatic heterocycles. The van der Waals surface area contributed by atoms with Crippen LogP contribution in [0.2, 0.25) is 0 Å². The minimum absolute atomic E-state index is 0.282. The fraction of sp³-hybridized carbons (Fsp3) is 1.00. The van der Waals surface area contributed by atoms with Gasteiger partial charge in [0.05, 0.1) is 6.61 Å². The van der Waals surface area contributed by atoms with Gasteiger partial charge in [-0.3, -0.25) is 0 Å². The van der Waals surface area contributed by atoms with Crippen LogP contribution < -0.4 is 5.32 Å². The van der Waals surface area contributed by atoms with Gasteiger partial charge in [0.25, 0.3) is 0 Å². The first-order chi connectivity index (χ1) is 7.31. The van der Waals surface area contributed by atoms with Crippen molar-refractivity contribution in [2.45, 2.75) is 44.7 Å². The summed E-state index contributed by atoms with van der Waals surface area (Å²) in [6, 6.07) is 1.000. The van der Waals surface area contributed by atoms with Crippen LogP contribution in [0.3, 0.4) is 0 Å². The summed E-state index contributed by atoms with van der Waals surface area (Å²) in [5, 5.41) is 12.8. The lowest BCUT2D eigenvalue weighted by Gasteiger charge is -2.23. The lowest BCUT2D eigenvalue weighted by molar-refractivity contribution is 0.194. The van der Waals surface area contributed by atoms with Crippen molar-refractivity contribution in [2.75, 3.05) is 26.2 Å². The van der Waals surface area contributed by atoms with E-state index in [-0.39, 0.29) is 6.61 Å². The van der Waals surface area contributed by atoms with E-state index in [0.29, 0.717) is 12.1 Å². The molecule has 1 saturated heterocycles. The topological polar surface area (TPSA) is 35.5 Å². The molecule has 15 heavy (non-hydrogen) atoms. The van der Waals surface area contributed by atoms with Gasteiger partial charge in [-0.25, -0.2) is 0 Å². The summed E-state index contributed by atoms with van der Waals surface area (Å²) < 4.78 is 0. The molecule has 0 aromatic rings. The van der Waals surface area contributed by atoms with Crippen LogP contribution in [0, 0.1) is 5.92 Å². The SMILES string of the molecule is CCC1CCN(CC(CO)NC2CC2)C1. The lowest BCUT2D eigenvalue weighted by Crippen LogP contribution is -2.43. The lowest BCUT2D eigenvalue weighted by atomic mass is 10.1. The first kappa shape index (κ1) is 11.4. The number of likely N-dealkylation sites (tertiary alicyclic amines) is 1. The van der Waals surface area contributed by atoms with Crippen LogP contribution >= 0.6 is 0 Å². The van der Waals surface area contributed by atoms with Crippen LogP contribution in [-0.4, -0.2) is 48.3 Å². The predicted molar refractivity (Wildman–Crippen MR) is 61.9 cm³/mol. The second-order valence-corrected chi connectivity index (χ2v) is 5.14. The summed E-state index contributed by atoms with van der Waals surface area (Å²) in [7, 11) is 0. The summed E-state index contributed by atoms with van der Waals surface area (Å²) in [4.78, 5) is 2.50. The van der Waals surface area contributed by atoms with Gasteiger partial charge in [-0.05, 0) is 31.7 Å². The Morgan fingerprint density at radius 3 is 2.73 bits per heavy atom. The predicted octanol–water partition coefficient (Wildman–Crippen LogP) is 0.831. The van der Waals surface area contributed by atoms with Crippen molar-refractivity contribution in [1.29, 1.82) is 0 Å². The normalized spacial score (nSPS) is 29.6. The first-order valence-electron chi connectivity index (χ1n) is 6.41. The quantitative estimate of drug-likeness (QED) is 0.684. The minimum Gasteiger partial charge on any atom is -0.395 e. The molecular weight excluding hydrogens is 188 g/mol. The van der Waals surface area contributed by atoms with E-state index in [9.17, 15) is 5.11 Å². The molecular formula is C12H24N2O. The number of hydrogen-bond acceptors (Lipinski definition) is 3. The van der Waals surface area contributed by atoms with Gasteiger partial charge >= 0.3 is 0 Å². The van der Waals surface area contributed by atoms with E-state index in [0.717, 1.165) is 12.5 Å². The highest BCUT2D eigenvalue weighted by Gasteiger charge is 2.27. The Labute approximate surface area is 92.8 Å². The van der Waals surface area contributed by atoms with Crippen molar-refractivity contribution < 1.29 is 5.11 Å². The Kier molecular flexibility index (Phi) is 4.00. The molecule has 1 heterocycles. The first-order valence-corrected chi connectivity index (χ1v) is 6.41. The third-order valence-electron chi connectivity index (χ3n) is 3.70. The molecule has 2 N–H and O–H groups in total. The molecule has 2 rings (SSSR count). The zero-order chi connectivity index (χ0) is 10.7. The number of aliphatic hydroxyl groups is 1. The Morgan fingerprint density at radius 2 is 2.20 bits per heavy atom. The molecule has 1 aliphatic carbocycles. The monoisotopic (exact) mass is 212 g/mol. The standard InChI is InChI=1S/C12H24N2O/c1-2-10-5-6-14(7-10)8-12(9-15)13-11-3-4-11/h10-13,15H,2-9H2,1H3. The Hall–Kier alpha value is -0.120. The van der Waals surface area contributed by atoms with Crippen LogP contribution in [0.15, 0.2) is 0 Å². The van der Waals surface area contributed by atoms with Gasteiger partial charge in [0.2, 0.25) is 0 Å². The smallest absolute Gasteiger partial charge is 0.0597 e. The average molecular weight is 212 g/mol. The molecule has 2 atom stereocenters. The second-order valence-electron chi connectivity index (χ2n) is 5.14. The van der Waals surface area contributed by atoms with Crippen LogP contribution in [0.4, 0.5) is 0 Å². The highest BCUT2D eigenvalue weighted by Crippen LogP contribution is 2.21. The summed E-state index contributed by atoms with van der Waals surface area (Å²) in [5.74, 6) is 0.894. The fourth-order valence-electron chi connectivity index (χ4n) is 2.47. The third kappa shape index (κ3) is 3.44. The molecule has 2 fully saturated rings. The average Bonchev–Trinajstić information content (AvgIpc) is 2.95. The Balaban J connectivity index is 1.69.